The number of nitrogens with two attached hydrogens (primary N) is 1. The molecule has 0 aromatic carbocycles. The van der Waals surface area contributed by atoms with Gasteiger partial charge in [-0.05, 0) is 12.8 Å². The molecule has 0 amide bonds. The summed E-state index contributed by atoms with van der Waals surface area (Å²) in [6.45, 7) is 1.42. The van der Waals surface area contributed by atoms with Crippen LogP contribution in [0.1, 0.15) is 32.1 Å². The first-order valence-electron chi connectivity index (χ1n) is 4.30. The molecule has 0 saturated carbocycles. The smallest absolute Gasteiger partial charge is 0.0940 e. The highest BCUT2D eigenvalue weighted by atomic mass is 16.5. The predicted octanol–water partition coefficient (Wildman–Crippen LogP) is 0.862. The summed E-state index contributed by atoms with van der Waals surface area (Å²) in [5.41, 5.74) is 5.14. The molecule has 3 nitrogen and oxygen atoms in total. The topological polar surface area (TPSA) is 55.5 Å². The van der Waals surface area contributed by atoms with E-state index in [0.29, 0.717) is 13.3 Å². The van der Waals surface area contributed by atoms with Gasteiger partial charge < -0.3 is 15.6 Å². The van der Waals surface area contributed by atoms with E-state index in [9.17, 15) is 0 Å². The average molecular weight is 161 g/mol. The first-order chi connectivity index (χ1) is 5.41. The average Bonchev–Trinajstić information content (AvgIpc) is 2.03. The Balaban J connectivity index is 2.69. The molecule has 0 aliphatic rings. The van der Waals surface area contributed by atoms with Crippen molar-refractivity contribution in [3.63, 3.8) is 0 Å². The molecule has 68 valence electrons. The number of ether oxygens (including phenoxy) is 1. The SMILES string of the molecule is NCOCCCCCCCO. The minimum atomic E-state index is 0.319. The van der Waals surface area contributed by atoms with Crippen molar-refractivity contribution in [1.82, 2.24) is 0 Å². The predicted molar refractivity (Wildman–Crippen MR) is 45.2 cm³/mol. The zero-order chi connectivity index (χ0) is 8.36. The highest BCUT2D eigenvalue weighted by molar-refractivity contribution is 4.42. The van der Waals surface area contributed by atoms with Gasteiger partial charge in [0, 0.05) is 13.2 Å². The second kappa shape index (κ2) is 9.88. The van der Waals surface area contributed by atoms with Crippen molar-refractivity contribution >= 4 is 0 Å². The number of aliphatic hydroxyl groups excluding tert-OH is 1. The fraction of sp³-hybridized carbons (Fsp3) is 1.00. The van der Waals surface area contributed by atoms with Crippen LogP contribution in [0.25, 0.3) is 0 Å². The molecule has 0 aromatic heterocycles. The Morgan fingerprint density at radius 3 is 2.27 bits per heavy atom. The van der Waals surface area contributed by atoms with Crippen LogP contribution in [-0.4, -0.2) is 25.1 Å². The minimum absolute atomic E-state index is 0.319. The van der Waals surface area contributed by atoms with Gasteiger partial charge in [0.2, 0.25) is 0 Å². The standard InChI is InChI=1S/C8H19NO2/c9-8-11-7-5-3-1-2-4-6-10/h10H,1-9H2. The summed E-state index contributed by atoms with van der Waals surface area (Å²) in [6, 6.07) is 0. The van der Waals surface area contributed by atoms with Gasteiger partial charge in [0.25, 0.3) is 0 Å². The summed E-state index contributed by atoms with van der Waals surface area (Å²) in [5.74, 6) is 0. The van der Waals surface area contributed by atoms with E-state index in [2.05, 4.69) is 0 Å². The van der Waals surface area contributed by atoms with E-state index in [1.807, 2.05) is 0 Å². The second-order valence-electron chi connectivity index (χ2n) is 2.57. The quantitative estimate of drug-likeness (QED) is 0.410. The van der Waals surface area contributed by atoms with Crippen LogP contribution in [0, 0.1) is 0 Å². The molecule has 0 unspecified atom stereocenters. The Morgan fingerprint density at radius 1 is 1.00 bits per heavy atom. The van der Waals surface area contributed by atoms with E-state index < -0.39 is 0 Å². The maximum atomic E-state index is 8.47. The van der Waals surface area contributed by atoms with Gasteiger partial charge in [0.1, 0.15) is 0 Å². The maximum absolute atomic E-state index is 8.47. The molecule has 0 fully saturated rings. The number of hydrogen-bond acceptors (Lipinski definition) is 3. The summed E-state index contributed by atoms with van der Waals surface area (Å²) in [5, 5.41) is 8.47. The van der Waals surface area contributed by atoms with Gasteiger partial charge in [-0.1, -0.05) is 19.3 Å². The van der Waals surface area contributed by atoms with E-state index >= 15 is 0 Å². The third-order valence-electron chi connectivity index (χ3n) is 1.56. The molecular weight excluding hydrogens is 142 g/mol. The maximum Gasteiger partial charge on any atom is 0.0940 e. The Hall–Kier alpha value is -0.120. The molecule has 3 heteroatoms. The Kier molecular flexibility index (Phi) is 9.77. The van der Waals surface area contributed by atoms with Gasteiger partial charge in [-0.2, -0.15) is 0 Å². The second-order valence-corrected chi connectivity index (χ2v) is 2.57. The van der Waals surface area contributed by atoms with Crippen molar-refractivity contribution in [2.24, 2.45) is 5.73 Å². The Bertz CT molecular complexity index is 61.1. The van der Waals surface area contributed by atoms with Crippen molar-refractivity contribution in [2.45, 2.75) is 32.1 Å². The van der Waals surface area contributed by atoms with Crippen LogP contribution < -0.4 is 5.73 Å². The lowest BCUT2D eigenvalue weighted by molar-refractivity contribution is 0.136. The molecule has 0 aliphatic heterocycles. The van der Waals surface area contributed by atoms with Crippen LogP contribution in [0.3, 0.4) is 0 Å². The minimum Gasteiger partial charge on any atom is -0.396 e. The van der Waals surface area contributed by atoms with Crippen LogP contribution in [0.2, 0.25) is 0 Å². The van der Waals surface area contributed by atoms with Gasteiger partial charge in [-0.15, -0.1) is 0 Å². The summed E-state index contributed by atoms with van der Waals surface area (Å²) < 4.78 is 4.97. The molecule has 0 radical (unpaired) electrons. The summed E-state index contributed by atoms with van der Waals surface area (Å²) in [4.78, 5) is 0. The summed E-state index contributed by atoms with van der Waals surface area (Å²) in [7, 11) is 0. The number of hydrogen-bond donors (Lipinski definition) is 2. The lowest BCUT2D eigenvalue weighted by atomic mass is 10.1. The molecule has 0 spiro atoms. The lowest BCUT2D eigenvalue weighted by Crippen LogP contribution is -2.05. The van der Waals surface area contributed by atoms with Crippen LogP contribution in [-0.2, 0) is 4.74 Å². The summed E-state index contributed by atoms with van der Waals surface area (Å²) in [6.07, 6.45) is 5.51. The van der Waals surface area contributed by atoms with Crippen LogP contribution in [0.4, 0.5) is 0 Å². The van der Waals surface area contributed by atoms with Gasteiger partial charge in [-0.3, -0.25) is 0 Å². The molecule has 0 bridgehead atoms. The molecule has 0 atom stereocenters. The fourth-order valence-corrected chi connectivity index (χ4v) is 0.930. The highest BCUT2D eigenvalue weighted by Crippen LogP contribution is 2.01. The normalized spacial score (nSPS) is 10.4. The van der Waals surface area contributed by atoms with E-state index in [-0.39, 0.29) is 0 Å². The van der Waals surface area contributed by atoms with Crippen LogP contribution >= 0.6 is 0 Å². The molecule has 11 heavy (non-hydrogen) atoms. The van der Waals surface area contributed by atoms with Crippen molar-refractivity contribution in [1.29, 1.82) is 0 Å². The van der Waals surface area contributed by atoms with Gasteiger partial charge in [-0.25, -0.2) is 0 Å². The molecule has 0 heterocycles. The van der Waals surface area contributed by atoms with Crippen molar-refractivity contribution in [3.8, 4) is 0 Å². The highest BCUT2D eigenvalue weighted by Gasteiger charge is 1.89. The fourth-order valence-electron chi connectivity index (χ4n) is 0.930. The van der Waals surface area contributed by atoms with E-state index in [1.54, 1.807) is 0 Å². The number of unbranched alkanes of at least 4 members (excludes halogenated alkanes) is 4. The number of aliphatic hydroxyl groups is 1. The molecule has 0 aromatic rings. The summed E-state index contributed by atoms with van der Waals surface area (Å²) >= 11 is 0. The van der Waals surface area contributed by atoms with E-state index in [0.717, 1.165) is 25.9 Å². The molecule has 0 aliphatic carbocycles. The zero-order valence-electron chi connectivity index (χ0n) is 7.09. The van der Waals surface area contributed by atoms with Crippen molar-refractivity contribution in [3.05, 3.63) is 0 Å². The van der Waals surface area contributed by atoms with Gasteiger partial charge in [0.15, 0.2) is 0 Å². The third kappa shape index (κ3) is 9.88. The van der Waals surface area contributed by atoms with Gasteiger partial charge >= 0.3 is 0 Å². The van der Waals surface area contributed by atoms with Crippen LogP contribution in [0.15, 0.2) is 0 Å². The Labute approximate surface area is 68.5 Å². The molecular formula is C8H19NO2. The van der Waals surface area contributed by atoms with Gasteiger partial charge in [0.05, 0.1) is 6.73 Å². The first kappa shape index (κ1) is 10.9. The Morgan fingerprint density at radius 2 is 1.64 bits per heavy atom. The zero-order valence-corrected chi connectivity index (χ0v) is 7.09. The van der Waals surface area contributed by atoms with E-state index in [4.69, 9.17) is 15.6 Å². The first-order valence-corrected chi connectivity index (χ1v) is 4.30. The van der Waals surface area contributed by atoms with E-state index in [1.165, 1.54) is 12.8 Å². The largest absolute Gasteiger partial charge is 0.396 e. The van der Waals surface area contributed by atoms with Crippen molar-refractivity contribution in [2.75, 3.05) is 19.9 Å². The molecule has 0 rings (SSSR count). The van der Waals surface area contributed by atoms with Crippen molar-refractivity contribution < 1.29 is 9.84 Å². The molecule has 0 saturated heterocycles. The molecule has 3 N–H and O–H groups in total. The number of rotatable bonds is 8. The third-order valence-corrected chi connectivity index (χ3v) is 1.56. The van der Waals surface area contributed by atoms with Crippen LogP contribution in [0.5, 0.6) is 0 Å². The lowest BCUT2D eigenvalue weighted by Gasteiger charge is -2.00. The monoisotopic (exact) mass is 161 g/mol.